The van der Waals surface area contributed by atoms with E-state index < -0.39 is 0 Å². The van der Waals surface area contributed by atoms with Crippen molar-refractivity contribution in [2.45, 2.75) is 20.8 Å². The Morgan fingerprint density at radius 1 is 1.20 bits per heavy atom. The van der Waals surface area contributed by atoms with Gasteiger partial charge in [0.05, 0.1) is 11.4 Å². The Kier molecular flexibility index (Phi) is 4.12. The first-order valence-corrected chi connectivity index (χ1v) is 6.56. The van der Waals surface area contributed by atoms with E-state index in [0.717, 1.165) is 0 Å². The van der Waals surface area contributed by atoms with Gasteiger partial charge in [-0.2, -0.15) is 9.90 Å². The Morgan fingerprint density at radius 2 is 1.80 bits per heavy atom. The van der Waals surface area contributed by atoms with E-state index in [1.165, 1.54) is 16.9 Å². The van der Waals surface area contributed by atoms with Crippen molar-refractivity contribution in [1.82, 2.24) is 19.9 Å². The first kappa shape index (κ1) is 14.2. The second kappa shape index (κ2) is 5.81. The predicted octanol–water partition coefficient (Wildman–Crippen LogP) is 2.20. The zero-order valence-corrected chi connectivity index (χ0v) is 11.8. The van der Waals surface area contributed by atoms with Gasteiger partial charge in [0.1, 0.15) is 5.82 Å². The summed E-state index contributed by atoms with van der Waals surface area (Å²) in [5, 5.41) is 8.44. The maximum atomic E-state index is 12.9. The van der Waals surface area contributed by atoms with Crippen LogP contribution in [0.1, 0.15) is 30.0 Å². The van der Waals surface area contributed by atoms with Gasteiger partial charge in [0.25, 0.3) is 5.91 Å². The van der Waals surface area contributed by atoms with Gasteiger partial charge in [-0.25, -0.2) is 4.39 Å². The lowest BCUT2D eigenvalue weighted by Crippen LogP contribution is -2.31. The summed E-state index contributed by atoms with van der Waals surface area (Å²) < 4.78 is 12.9. The number of aromatic nitrogens is 3. The van der Waals surface area contributed by atoms with E-state index in [0.29, 0.717) is 30.2 Å². The molecular formula is C14H17FN4O. The number of halogens is 1. The SMILES string of the molecule is CCN(CC)C(=O)c1nn(-c2ccc(F)cc2)nc1C. The highest BCUT2D eigenvalue weighted by molar-refractivity contribution is 5.93. The minimum atomic E-state index is -0.322. The van der Waals surface area contributed by atoms with Crippen LogP contribution in [-0.2, 0) is 0 Å². The maximum absolute atomic E-state index is 12.9. The lowest BCUT2D eigenvalue weighted by Gasteiger charge is -2.16. The lowest BCUT2D eigenvalue weighted by atomic mass is 10.3. The number of carbonyl (C=O) groups excluding carboxylic acids is 1. The van der Waals surface area contributed by atoms with Gasteiger partial charge in [-0.15, -0.1) is 5.10 Å². The molecule has 0 aliphatic rings. The van der Waals surface area contributed by atoms with Crippen LogP contribution in [0.5, 0.6) is 0 Å². The van der Waals surface area contributed by atoms with Gasteiger partial charge < -0.3 is 4.90 Å². The predicted molar refractivity (Wildman–Crippen MR) is 73.3 cm³/mol. The fraction of sp³-hybridized carbons (Fsp3) is 0.357. The van der Waals surface area contributed by atoms with E-state index in [-0.39, 0.29) is 11.7 Å². The zero-order chi connectivity index (χ0) is 14.7. The van der Waals surface area contributed by atoms with Crippen LogP contribution in [0.25, 0.3) is 5.69 Å². The monoisotopic (exact) mass is 276 g/mol. The van der Waals surface area contributed by atoms with Gasteiger partial charge >= 0.3 is 0 Å². The summed E-state index contributed by atoms with van der Waals surface area (Å²) in [6.45, 7) is 6.82. The highest BCUT2D eigenvalue weighted by atomic mass is 19.1. The molecule has 1 aromatic carbocycles. The van der Waals surface area contributed by atoms with E-state index in [9.17, 15) is 9.18 Å². The molecule has 106 valence electrons. The molecule has 2 rings (SSSR count). The van der Waals surface area contributed by atoms with Gasteiger partial charge in [-0.3, -0.25) is 4.79 Å². The normalized spacial score (nSPS) is 10.6. The number of benzene rings is 1. The lowest BCUT2D eigenvalue weighted by molar-refractivity contribution is 0.0766. The average molecular weight is 276 g/mol. The molecule has 0 unspecified atom stereocenters. The van der Waals surface area contributed by atoms with Gasteiger partial charge in [0, 0.05) is 13.1 Å². The van der Waals surface area contributed by atoms with Gasteiger partial charge in [0.2, 0.25) is 0 Å². The molecule has 0 fully saturated rings. The summed E-state index contributed by atoms with van der Waals surface area (Å²) in [5.41, 5.74) is 1.51. The molecule has 0 bridgehead atoms. The molecule has 1 heterocycles. The number of hydrogen-bond acceptors (Lipinski definition) is 3. The van der Waals surface area contributed by atoms with Crippen LogP contribution in [-0.4, -0.2) is 38.9 Å². The highest BCUT2D eigenvalue weighted by Gasteiger charge is 2.20. The fourth-order valence-electron chi connectivity index (χ4n) is 1.93. The minimum absolute atomic E-state index is 0.138. The van der Waals surface area contributed by atoms with Crippen LogP contribution in [0.4, 0.5) is 4.39 Å². The molecule has 0 radical (unpaired) electrons. The van der Waals surface area contributed by atoms with E-state index >= 15 is 0 Å². The van der Waals surface area contributed by atoms with Crippen molar-refractivity contribution in [3.8, 4) is 5.69 Å². The van der Waals surface area contributed by atoms with Gasteiger partial charge in [0.15, 0.2) is 5.69 Å². The number of aryl methyl sites for hydroxylation is 1. The largest absolute Gasteiger partial charge is 0.338 e. The molecule has 1 aromatic heterocycles. The van der Waals surface area contributed by atoms with Crippen LogP contribution >= 0.6 is 0 Å². The number of amides is 1. The third-order valence-electron chi connectivity index (χ3n) is 3.09. The highest BCUT2D eigenvalue weighted by Crippen LogP contribution is 2.11. The Balaban J connectivity index is 2.34. The molecule has 2 aromatic rings. The number of rotatable bonds is 4. The summed E-state index contributed by atoms with van der Waals surface area (Å²) in [7, 11) is 0. The Morgan fingerprint density at radius 3 is 2.35 bits per heavy atom. The van der Waals surface area contributed by atoms with E-state index in [1.54, 1.807) is 24.0 Å². The van der Waals surface area contributed by atoms with Crippen LogP contribution in [0.3, 0.4) is 0 Å². The van der Waals surface area contributed by atoms with Gasteiger partial charge in [-0.1, -0.05) is 0 Å². The quantitative estimate of drug-likeness (QED) is 0.860. The molecular weight excluding hydrogens is 259 g/mol. The van der Waals surface area contributed by atoms with Gasteiger partial charge in [-0.05, 0) is 45.0 Å². The van der Waals surface area contributed by atoms with Crippen molar-refractivity contribution in [3.05, 3.63) is 41.5 Å². The molecule has 0 atom stereocenters. The first-order chi connectivity index (χ1) is 9.56. The summed E-state index contributed by atoms with van der Waals surface area (Å²) in [6.07, 6.45) is 0. The standard InChI is InChI=1S/C14H17FN4O/c1-4-18(5-2)14(20)13-10(3)16-19(17-13)12-8-6-11(15)7-9-12/h6-9H,4-5H2,1-3H3. The third kappa shape index (κ3) is 2.68. The average Bonchev–Trinajstić information content (AvgIpc) is 2.83. The van der Waals surface area contributed by atoms with Crippen molar-refractivity contribution in [3.63, 3.8) is 0 Å². The summed E-state index contributed by atoms with van der Waals surface area (Å²) in [5.74, 6) is -0.460. The third-order valence-corrected chi connectivity index (χ3v) is 3.09. The first-order valence-electron chi connectivity index (χ1n) is 6.56. The van der Waals surface area contributed by atoms with Crippen LogP contribution in [0, 0.1) is 12.7 Å². The molecule has 0 aliphatic heterocycles. The molecule has 0 spiro atoms. The van der Waals surface area contributed by atoms with Crippen molar-refractivity contribution in [2.75, 3.05) is 13.1 Å². The molecule has 0 saturated heterocycles. The van der Waals surface area contributed by atoms with Crippen molar-refractivity contribution < 1.29 is 9.18 Å². The summed E-state index contributed by atoms with van der Waals surface area (Å²) in [6, 6.07) is 5.81. The minimum Gasteiger partial charge on any atom is -0.338 e. The molecule has 20 heavy (non-hydrogen) atoms. The Bertz CT molecular complexity index is 602. The van der Waals surface area contributed by atoms with Crippen LogP contribution in [0.2, 0.25) is 0 Å². The summed E-state index contributed by atoms with van der Waals surface area (Å²) in [4.78, 5) is 15.3. The van der Waals surface area contributed by atoms with E-state index in [4.69, 9.17) is 0 Å². The molecule has 6 heteroatoms. The van der Waals surface area contributed by atoms with Crippen LogP contribution in [0.15, 0.2) is 24.3 Å². The fourth-order valence-corrected chi connectivity index (χ4v) is 1.93. The second-order valence-corrected chi connectivity index (χ2v) is 4.38. The molecule has 0 aliphatic carbocycles. The maximum Gasteiger partial charge on any atom is 0.276 e. The Hall–Kier alpha value is -2.24. The van der Waals surface area contributed by atoms with Crippen molar-refractivity contribution >= 4 is 5.91 Å². The van der Waals surface area contributed by atoms with Crippen molar-refractivity contribution in [1.29, 1.82) is 0 Å². The topological polar surface area (TPSA) is 51.0 Å². The molecule has 1 amide bonds. The number of hydrogen-bond donors (Lipinski definition) is 0. The van der Waals surface area contributed by atoms with Crippen molar-refractivity contribution in [2.24, 2.45) is 0 Å². The van der Waals surface area contributed by atoms with Crippen LogP contribution < -0.4 is 0 Å². The molecule has 0 saturated carbocycles. The zero-order valence-electron chi connectivity index (χ0n) is 11.8. The van der Waals surface area contributed by atoms with E-state index in [1.807, 2.05) is 13.8 Å². The van der Waals surface area contributed by atoms with E-state index in [2.05, 4.69) is 10.2 Å². The Labute approximate surface area is 117 Å². The smallest absolute Gasteiger partial charge is 0.276 e. The molecule has 0 N–H and O–H groups in total. The molecule has 5 nitrogen and oxygen atoms in total. The summed E-state index contributed by atoms with van der Waals surface area (Å²) >= 11 is 0. The second-order valence-electron chi connectivity index (χ2n) is 4.38. The number of nitrogens with zero attached hydrogens (tertiary/aromatic N) is 4. The number of carbonyl (C=O) groups is 1.